The Kier molecular flexibility index (Phi) is 8.30. The van der Waals surface area contributed by atoms with Crippen molar-refractivity contribution in [2.24, 2.45) is 0 Å². The van der Waals surface area contributed by atoms with Crippen molar-refractivity contribution in [3.8, 4) is 11.5 Å². The average molecular weight is 541 g/mol. The van der Waals surface area contributed by atoms with Crippen LogP contribution in [0.1, 0.15) is 40.7 Å². The number of hydrogen-bond donors (Lipinski definition) is 0. The quantitative estimate of drug-likeness (QED) is 0.218. The predicted octanol–water partition coefficient (Wildman–Crippen LogP) is 7.58. The largest absolute Gasteiger partial charge is 0.496 e. The van der Waals surface area contributed by atoms with Gasteiger partial charge in [-0.25, -0.2) is 0 Å². The molecule has 0 bridgehead atoms. The van der Waals surface area contributed by atoms with Gasteiger partial charge in [-0.2, -0.15) is 0 Å². The predicted molar refractivity (Wildman–Crippen MR) is 142 cm³/mol. The molecule has 0 radical (unpaired) electrons. The lowest BCUT2D eigenvalue weighted by Crippen LogP contribution is -2.29. The maximum Gasteiger partial charge on any atom is 0.185 e. The minimum absolute atomic E-state index is 0.0242. The van der Waals surface area contributed by atoms with Gasteiger partial charge in [-0.15, -0.1) is 0 Å². The number of halogens is 2. The van der Waals surface area contributed by atoms with Crippen molar-refractivity contribution < 1.29 is 14.3 Å². The lowest BCUT2D eigenvalue weighted by atomic mass is 10.1. The highest BCUT2D eigenvalue weighted by Crippen LogP contribution is 2.30. The number of hydrogen-bond acceptors (Lipinski definition) is 4. The molecule has 6 heteroatoms. The van der Waals surface area contributed by atoms with E-state index in [0.29, 0.717) is 22.9 Å². The van der Waals surface area contributed by atoms with Crippen molar-refractivity contribution in [2.75, 3.05) is 25.1 Å². The number of benzene rings is 3. The first kappa shape index (κ1) is 24.4. The molecule has 1 aliphatic rings. The van der Waals surface area contributed by atoms with Crippen molar-refractivity contribution >= 4 is 45.1 Å². The third-order valence-electron chi connectivity index (χ3n) is 5.88. The van der Waals surface area contributed by atoms with Gasteiger partial charge < -0.3 is 14.4 Å². The standard InChI is InChI=1S/C28H27BrClNO3/c1-33-27-13-6-20(17-22(27)19-34-28-14-9-23(30)18-25(28)29)5-12-26(32)21-7-10-24(11-8-21)31-15-3-2-4-16-31/h5-14,17-18H,2-4,15-16,19H2,1H3/b12-5+. The third kappa shape index (κ3) is 6.22. The lowest BCUT2D eigenvalue weighted by molar-refractivity contribution is 0.104. The van der Waals surface area contributed by atoms with E-state index >= 15 is 0 Å². The first-order valence-electron chi connectivity index (χ1n) is 11.4. The average Bonchev–Trinajstić information content (AvgIpc) is 2.87. The van der Waals surface area contributed by atoms with Crippen molar-refractivity contribution in [3.05, 3.63) is 92.9 Å². The van der Waals surface area contributed by atoms with Crippen LogP contribution >= 0.6 is 27.5 Å². The van der Waals surface area contributed by atoms with Gasteiger partial charge in [0.25, 0.3) is 0 Å². The molecule has 3 aromatic rings. The molecule has 0 amide bonds. The van der Waals surface area contributed by atoms with Crippen LogP contribution in [-0.2, 0) is 6.61 Å². The number of allylic oxidation sites excluding steroid dienone is 1. The zero-order valence-corrected chi connectivity index (χ0v) is 21.4. The summed E-state index contributed by atoms with van der Waals surface area (Å²) in [5.41, 5.74) is 3.65. The normalized spacial score (nSPS) is 13.8. The molecule has 4 nitrogen and oxygen atoms in total. The summed E-state index contributed by atoms with van der Waals surface area (Å²) in [5, 5.41) is 0.634. The van der Waals surface area contributed by atoms with E-state index in [0.717, 1.165) is 34.4 Å². The van der Waals surface area contributed by atoms with Gasteiger partial charge in [-0.3, -0.25) is 4.79 Å². The van der Waals surface area contributed by atoms with Gasteiger partial charge in [0.1, 0.15) is 18.1 Å². The molecule has 0 unspecified atom stereocenters. The second-order valence-electron chi connectivity index (χ2n) is 8.23. The van der Waals surface area contributed by atoms with Gasteiger partial charge in [0.2, 0.25) is 0 Å². The van der Waals surface area contributed by atoms with Gasteiger partial charge in [-0.05, 0) is 101 Å². The van der Waals surface area contributed by atoms with Crippen molar-refractivity contribution in [2.45, 2.75) is 25.9 Å². The summed E-state index contributed by atoms with van der Waals surface area (Å²) >= 11 is 9.48. The van der Waals surface area contributed by atoms with Crippen molar-refractivity contribution in [3.63, 3.8) is 0 Å². The topological polar surface area (TPSA) is 38.8 Å². The summed E-state index contributed by atoms with van der Waals surface area (Å²) in [7, 11) is 1.63. The van der Waals surface area contributed by atoms with E-state index in [1.54, 1.807) is 25.3 Å². The summed E-state index contributed by atoms with van der Waals surface area (Å²) in [5.74, 6) is 1.39. The number of methoxy groups -OCH3 is 1. The molecule has 1 fully saturated rings. The van der Waals surface area contributed by atoms with Crippen molar-refractivity contribution in [1.82, 2.24) is 0 Å². The lowest BCUT2D eigenvalue weighted by Gasteiger charge is -2.28. The van der Waals surface area contributed by atoms with E-state index in [1.165, 1.54) is 24.9 Å². The Balaban J connectivity index is 1.43. The first-order valence-corrected chi connectivity index (χ1v) is 12.5. The summed E-state index contributed by atoms with van der Waals surface area (Å²) in [6, 6.07) is 19.1. The molecule has 176 valence electrons. The second-order valence-corrected chi connectivity index (χ2v) is 9.52. The number of ketones is 1. The van der Waals surface area contributed by atoms with Gasteiger partial charge in [-0.1, -0.05) is 23.7 Å². The molecule has 0 aliphatic carbocycles. The SMILES string of the molecule is COc1ccc(/C=C/C(=O)c2ccc(N3CCCCC3)cc2)cc1COc1ccc(Cl)cc1Br. The first-order chi connectivity index (χ1) is 16.5. The Morgan fingerprint density at radius 1 is 1.00 bits per heavy atom. The fraction of sp³-hybridized carbons (Fsp3) is 0.250. The Bertz CT molecular complexity index is 1170. The highest BCUT2D eigenvalue weighted by atomic mass is 79.9. The molecule has 0 N–H and O–H groups in total. The van der Waals surface area contributed by atoms with Crippen LogP contribution in [0.25, 0.3) is 6.08 Å². The van der Waals surface area contributed by atoms with Crippen LogP contribution in [0.3, 0.4) is 0 Å². The van der Waals surface area contributed by atoms with Crippen LogP contribution in [0, 0.1) is 0 Å². The molecule has 0 atom stereocenters. The van der Waals surface area contributed by atoms with Crippen LogP contribution in [0.4, 0.5) is 5.69 Å². The minimum atomic E-state index is -0.0242. The molecule has 0 saturated carbocycles. The van der Waals surface area contributed by atoms with Gasteiger partial charge in [0, 0.05) is 34.9 Å². The molecule has 4 rings (SSSR count). The van der Waals surface area contributed by atoms with Crippen LogP contribution in [0.5, 0.6) is 11.5 Å². The number of carbonyl (C=O) groups excluding carboxylic acids is 1. The fourth-order valence-electron chi connectivity index (χ4n) is 4.02. The molecule has 1 aliphatic heterocycles. The van der Waals surface area contributed by atoms with E-state index < -0.39 is 0 Å². The van der Waals surface area contributed by atoms with Crippen LogP contribution in [0.15, 0.2) is 71.2 Å². The number of ether oxygens (including phenoxy) is 2. The van der Waals surface area contributed by atoms with Crippen molar-refractivity contribution in [1.29, 1.82) is 0 Å². The molecular formula is C28H27BrClNO3. The van der Waals surface area contributed by atoms with Crippen LogP contribution in [0.2, 0.25) is 5.02 Å². The third-order valence-corrected chi connectivity index (χ3v) is 6.74. The van der Waals surface area contributed by atoms with E-state index in [2.05, 4.69) is 20.8 Å². The molecule has 1 heterocycles. The number of piperidine rings is 1. The highest BCUT2D eigenvalue weighted by molar-refractivity contribution is 9.10. The zero-order valence-electron chi connectivity index (χ0n) is 19.1. The number of anilines is 1. The van der Waals surface area contributed by atoms with Gasteiger partial charge in [0.05, 0.1) is 11.6 Å². The maximum atomic E-state index is 12.7. The maximum absolute atomic E-state index is 12.7. The Labute approximate surface area is 214 Å². The fourth-order valence-corrected chi connectivity index (χ4v) is 4.82. The van der Waals surface area contributed by atoms with E-state index in [-0.39, 0.29) is 5.78 Å². The zero-order chi connectivity index (χ0) is 23.9. The van der Waals surface area contributed by atoms with Crippen LogP contribution in [-0.4, -0.2) is 26.0 Å². The minimum Gasteiger partial charge on any atom is -0.496 e. The summed E-state index contributed by atoms with van der Waals surface area (Å²) < 4.78 is 12.2. The second kappa shape index (κ2) is 11.6. The van der Waals surface area contributed by atoms with Crippen LogP contribution < -0.4 is 14.4 Å². The molecular weight excluding hydrogens is 514 g/mol. The summed E-state index contributed by atoms with van der Waals surface area (Å²) in [6.07, 6.45) is 7.19. The number of carbonyl (C=O) groups is 1. The molecule has 0 spiro atoms. The van der Waals surface area contributed by atoms with E-state index in [9.17, 15) is 4.79 Å². The van der Waals surface area contributed by atoms with Gasteiger partial charge >= 0.3 is 0 Å². The monoisotopic (exact) mass is 539 g/mol. The van der Waals surface area contributed by atoms with E-state index in [1.807, 2.05) is 54.6 Å². The Hall–Kier alpha value is -2.76. The Morgan fingerprint density at radius 3 is 2.44 bits per heavy atom. The highest BCUT2D eigenvalue weighted by Gasteiger charge is 2.12. The number of rotatable bonds is 8. The summed E-state index contributed by atoms with van der Waals surface area (Å²) in [4.78, 5) is 15.1. The van der Waals surface area contributed by atoms with Gasteiger partial charge in [0.15, 0.2) is 5.78 Å². The smallest absolute Gasteiger partial charge is 0.185 e. The Morgan fingerprint density at radius 2 is 1.74 bits per heavy atom. The molecule has 3 aromatic carbocycles. The molecule has 1 saturated heterocycles. The van der Waals surface area contributed by atoms with E-state index in [4.69, 9.17) is 21.1 Å². The number of nitrogens with zero attached hydrogens (tertiary/aromatic N) is 1. The summed E-state index contributed by atoms with van der Waals surface area (Å²) in [6.45, 7) is 2.49. The molecule has 0 aromatic heterocycles. The molecule has 34 heavy (non-hydrogen) atoms.